The SMILES string of the molecule is CC(C)CC1=Cc2c(-c3c4ccccc4cc4ccccc34)cccc2[CH]1[Zr+2]1([CH]2C(CC(C)C)=Cc3c(-c4c5ccccc5cc5ccccc45)cccc32)[CH2][CH2]1.[Cl-].[Cl-]. The van der Waals surface area contributed by atoms with Gasteiger partial charge in [0.1, 0.15) is 0 Å². The Balaban J connectivity index is 0.00000224. The summed E-state index contributed by atoms with van der Waals surface area (Å²) in [7, 11) is 0. The van der Waals surface area contributed by atoms with Crippen molar-refractivity contribution in [1.82, 2.24) is 0 Å². The molecule has 292 valence electrons. The van der Waals surface area contributed by atoms with Crippen LogP contribution in [0.2, 0.25) is 8.26 Å². The summed E-state index contributed by atoms with van der Waals surface area (Å²) in [5.41, 5.74) is 15.4. The van der Waals surface area contributed by atoms with Crippen LogP contribution in [-0.2, 0) is 20.3 Å². The van der Waals surface area contributed by atoms with E-state index in [9.17, 15) is 0 Å². The molecule has 0 bridgehead atoms. The molecular weight excluding hydrogens is 835 g/mol. The van der Waals surface area contributed by atoms with Crippen LogP contribution in [0.1, 0.15) is 70.0 Å². The summed E-state index contributed by atoms with van der Waals surface area (Å²) in [4.78, 5) is 0. The second kappa shape index (κ2) is 15.6. The molecule has 0 saturated carbocycles. The van der Waals surface area contributed by atoms with E-state index in [0.717, 1.165) is 0 Å². The van der Waals surface area contributed by atoms with E-state index < -0.39 is 20.3 Å². The average Bonchev–Trinajstić information content (AvgIpc) is 3.77. The minimum absolute atomic E-state index is 0. The van der Waals surface area contributed by atoms with Crippen LogP contribution in [0.3, 0.4) is 0 Å². The Labute approximate surface area is 366 Å². The number of allylic oxidation sites excluding steroid dienone is 2. The molecule has 0 amide bonds. The van der Waals surface area contributed by atoms with Crippen LogP contribution in [0.15, 0.2) is 157 Å². The van der Waals surface area contributed by atoms with E-state index in [2.05, 4.69) is 185 Å². The maximum Gasteiger partial charge on any atom is -1.00 e. The van der Waals surface area contributed by atoms with Crippen molar-refractivity contribution in [2.24, 2.45) is 11.8 Å². The van der Waals surface area contributed by atoms with Crippen LogP contribution in [0, 0.1) is 11.8 Å². The van der Waals surface area contributed by atoms with Crippen molar-refractivity contribution in [3.8, 4) is 22.3 Å². The summed E-state index contributed by atoms with van der Waals surface area (Å²) in [6.07, 6.45) is 7.78. The molecule has 0 aromatic heterocycles. The van der Waals surface area contributed by atoms with Crippen molar-refractivity contribution >= 4 is 55.2 Å². The minimum atomic E-state index is -3.02. The standard InChI is InChI=1S/2C27H23.C2H4.2ClH.Zr/c2*1-18(2)14-19-15-20-10-7-13-25(26(20)16-19)27-23-11-5-3-8-21(23)17-22-9-4-6-12-24(22)27;1-2;;;/h2*3-13,15-18H,14H2,1-2H3;1-2H2;2*1H;/q;;;;;+2/p-2. The quantitative estimate of drug-likeness (QED) is 0.133. The van der Waals surface area contributed by atoms with Crippen LogP contribution >= 0.6 is 0 Å². The largest absolute Gasteiger partial charge is 1.00 e. The molecule has 0 N–H and O–H groups in total. The van der Waals surface area contributed by atoms with Crippen molar-refractivity contribution in [3.63, 3.8) is 0 Å². The van der Waals surface area contributed by atoms with Crippen LogP contribution in [0.5, 0.6) is 0 Å². The zero-order valence-electron chi connectivity index (χ0n) is 34.4. The van der Waals surface area contributed by atoms with Gasteiger partial charge in [0.25, 0.3) is 0 Å². The summed E-state index contributed by atoms with van der Waals surface area (Å²) in [5.74, 6) is 1.23. The van der Waals surface area contributed by atoms with Crippen LogP contribution in [0.4, 0.5) is 0 Å². The minimum Gasteiger partial charge on any atom is -1.00 e. The fourth-order valence-corrected chi connectivity index (χ4v) is 29.0. The fraction of sp³-hybridized carbons (Fsp3) is 0.214. The predicted molar refractivity (Wildman–Crippen MR) is 244 cm³/mol. The summed E-state index contributed by atoms with van der Waals surface area (Å²) in [6.45, 7) is 9.74. The van der Waals surface area contributed by atoms with Gasteiger partial charge in [0.2, 0.25) is 0 Å². The van der Waals surface area contributed by atoms with Gasteiger partial charge in [0, 0.05) is 0 Å². The third kappa shape index (κ3) is 6.50. The molecule has 3 aliphatic rings. The number of benzene rings is 8. The zero-order valence-corrected chi connectivity index (χ0v) is 38.4. The molecular formula is C56H50Cl2Zr. The molecule has 1 aliphatic heterocycles. The normalized spacial score (nSPS) is 17.0. The molecule has 11 rings (SSSR count). The second-order valence-electron chi connectivity index (χ2n) is 18.2. The second-order valence-corrected chi connectivity index (χ2v) is 29.6. The number of halogens is 2. The van der Waals surface area contributed by atoms with Gasteiger partial charge < -0.3 is 24.8 Å². The fourth-order valence-electron chi connectivity index (χ4n) is 11.5. The van der Waals surface area contributed by atoms with Crippen molar-refractivity contribution < 1.29 is 45.1 Å². The Morgan fingerprint density at radius 1 is 0.441 bits per heavy atom. The molecule has 2 aliphatic carbocycles. The molecule has 0 nitrogen and oxygen atoms in total. The van der Waals surface area contributed by atoms with Gasteiger partial charge in [-0.05, 0) is 0 Å². The van der Waals surface area contributed by atoms with E-state index >= 15 is 0 Å². The first-order valence-electron chi connectivity index (χ1n) is 21.4. The van der Waals surface area contributed by atoms with Gasteiger partial charge in [-0.25, -0.2) is 0 Å². The van der Waals surface area contributed by atoms with Crippen LogP contribution < -0.4 is 24.8 Å². The van der Waals surface area contributed by atoms with E-state index in [1.807, 2.05) is 0 Å². The zero-order chi connectivity index (χ0) is 38.4. The average molecular weight is 885 g/mol. The van der Waals surface area contributed by atoms with E-state index in [4.69, 9.17) is 0 Å². The first kappa shape index (κ1) is 40.2. The van der Waals surface area contributed by atoms with Crippen LogP contribution in [0.25, 0.3) is 77.5 Å². The molecule has 1 heterocycles. The molecule has 8 aromatic carbocycles. The van der Waals surface area contributed by atoms with Gasteiger partial charge in [-0.3, -0.25) is 0 Å². The monoisotopic (exact) mass is 882 g/mol. The van der Waals surface area contributed by atoms with E-state index in [-0.39, 0.29) is 24.8 Å². The van der Waals surface area contributed by atoms with Gasteiger partial charge in [-0.1, -0.05) is 0 Å². The first-order chi connectivity index (χ1) is 27.9. The smallest absolute Gasteiger partial charge is 1.00 e. The molecule has 2 atom stereocenters. The van der Waals surface area contributed by atoms with Gasteiger partial charge in [0.15, 0.2) is 0 Å². The summed E-state index contributed by atoms with van der Waals surface area (Å²) < 4.78 is 4.14. The van der Waals surface area contributed by atoms with Crippen molar-refractivity contribution in [3.05, 3.63) is 179 Å². The molecule has 1 saturated heterocycles. The number of fused-ring (bicyclic) bond motifs is 6. The van der Waals surface area contributed by atoms with Gasteiger partial charge >= 0.3 is 345 Å². The number of hydrogen-bond acceptors (Lipinski definition) is 0. The van der Waals surface area contributed by atoms with Crippen molar-refractivity contribution in [2.75, 3.05) is 0 Å². The topological polar surface area (TPSA) is 0 Å². The summed E-state index contributed by atoms with van der Waals surface area (Å²) in [5, 5.41) is 10.7. The summed E-state index contributed by atoms with van der Waals surface area (Å²) >= 11 is -3.02. The Morgan fingerprint density at radius 3 is 1.10 bits per heavy atom. The Kier molecular flexibility index (Phi) is 10.7. The van der Waals surface area contributed by atoms with Crippen molar-refractivity contribution in [1.29, 1.82) is 0 Å². The third-order valence-electron chi connectivity index (χ3n) is 13.6. The molecule has 8 aromatic rings. The Bertz CT molecular complexity index is 2690. The molecule has 3 heteroatoms. The van der Waals surface area contributed by atoms with E-state index in [1.165, 1.54) is 97.6 Å². The first-order valence-corrected chi connectivity index (χ1v) is 27.7. The Hall–Kier alpha value is -4.26. The van der Waals surface area contributed by atoms with E-state index in [0.29, 0.717) is 19.1 Å². The number of hydrogen-bond donors (Lipinski definition) is 0. The van der Waals surface area contributed by atoms with Gasteiger partial charge in [-0.15, -0.1) is 0 Å². The van der Waals surface area contributed by atoms with Crippen LogP contribution in [-0.4, -0.2) is 0 Å². The molecule has 59 heavy (non-hydrogen) atoms. The maximum absolute atomic E-state index is 3.02. The number of rotatable bonds is 8. The molecule has 0 spiro atoms. The summed E-state index contributed by atoms with van der Waals surface area (Å²) in [6, 6.07) is 55.7. The molecule has 1 fully saturated rings. The predicted octanol–water partition coefficient (Wildman–Crippen LogP) is 10.3. The molecule has 0 radical (unpaired) electrons. The maximum atomic E-state index is 2.71. The van der Waals surface area contributed by atoms with Gasteiger partial charge in [0.05, 0.1) is 0 Å². The van der Waals surface area contributed by atoms with Crippen molar-refractivity contribution in [2.45, 2.75) is 56.0 Å². The molecule has 2 unspecified atom stereocenters. The Morgan fingerprint density at radius 2 is 0.780 bits per heavy atom. The van der Waals surface area contributed by atoms with E-state index in [1.54, 1.807) is 22.3 Å². The third-order valence-corrected chi connectivity index (χ3v) is 26.7. The van der Waals surface area contributed by atoms with Gasteiger partial charge in [-0.2, -0.15) is 0 Å².